The zero-order chi connectivity index (χ0) is 15.3. The average molecular weight is 288 g/mol. The Morgan fingerprint density at radius 3 is 2.62 bits per heavy atom. The fraction of sp³-hybridized carbons (Fsp3) is 0.611. The first-order valence-corrected chi connectivity index (χ1v) is 8.16. The number of piperidine rings is 1. The van der Waals surface area contributed by atoms with Crippen molar-refractivity contribution in [1.29, 1.82) is 0 Å². The van der Waals surface area contributed by atoms with Crippen LogP contribution in [0.3, 0.4) is 0 Å². The molecule has 21 heavy (non-hydrogen) atoms. The van der Waals surface area contributed by atoms with Crippen LogP contribution in [0.25, 0.3) is 0 Å². The number of carbonyl (C=O) groups is 1. The molecule has 1 aromatic rings. The highest BCUT2D eigenvalue weighted by Crippen LogP contribution is 2.35. The third-order valence-corrected chi connectivity index (χ3v) is 4.77. The van der Waals surface area contributed by atoms with E-state index in [1.807, 2.05) is 12.1 Å². The fourth-order valence-corrected chi connectivity index (χ4v) is 3.47. The van der Waals surface area contributed by atoms with Crippen molar-refractivity contribution in [3.05, 3.63) is 35.4 Å². The summed E-state index contributed by atoms with van der Waals surface area (Å²) < 4.78 is 0. The summed E-state index contributed by atoms with van der Waals surface area (Å²) in [6, 6.07) is 8.36. The molecule has 0 bridgehead atoms. The summed E-state index contributed by atoms with van der Waals surface area (Å²) in [4.78, 5) is 12.9. The Balaban J connectivity index is 2.10. The molecule has 1 aromatic carbocycles. The lowest BCUT2D eigenvalue weighted by Crippen LogP contribution is -2.48. The van der Waals surface area contributed by atoms with Gasteiger partial charge in [0.15, 0.2) is 0 Å². The van der Waals surface area contributed by atoms with Gasteiger partial charge >= 0.3 is 0 Å². The lowest BCUT2D eigenvalue weighted by Gasteiger charge is -2.37. The number of hydrogen-bond acceptors (Lipinski definition) is 2. The van der Waals surface area contributed by atoms with E-state index in [0.717, 1.165) is 38.8 Å². The minimum absolute atomic E-state index is 0.0716. The second-order valence-corrected chi connectivity index (χ2v) is 6.33. The van der Waals surface area contributed by atoms with Crippen LogP contribution in [0.5, 0.6) is 0 Å². The highest BCUT2D eigenvalue weighted by Gasteiger charge is 2.39. The van der Waals surface area contributed by atoms with E-state index in [9.17, 15) is 4.79 Å². The van der Waals surface area contributed by atoms with Gasteiger partial charge in [-0.05, 0) is 57.3 Å². The van der Waals surface area contributed by atoms with Gasteiger partial charge in [0.25, 0.3) is 0 Å². The van der Waals surface area contributed by atoms with Crippen LogP contribution >= 0.6 is 0 Å². The molecule has 2 rings (SSSR count). The number of carbonyl (C=O) groups excluding carboxylic acids is 1. The molecule has 2 N–H and O–H groups in total. The number of benzene rings is 1. The van der Waals surface area contributed by atoms with Gasteiger partial charge in [-0.15, -0.1) is 0 Å². The predicted molar refractivity (Wildman–Crippen MR) is 87.2 cm³/mol. The maximum Gasteiger partial charge on any atom is 0.226 e. The number of nitrogens with one attached hydrogen (secondary N) is 2. The highest BCUT2D eigenvalue weighted by molar-refractivity contribution is 5.83. The van der Waals surface area contributed by atoms with Crippen molar-refractivity contribution in [1.82, 2.24) is 10.6 Å². The summed E-state index contributed by atoms with van der Waals surface area (Å²) in [6.07, 6.45) is 3.95. The van der Waals surface area contributed by atoms with Crippen LogP contribution in [-0.2, 0) is 4.79 Å². The van der Waals surface area contributed by atoms with E-state index >= 15 is 0 Å². The van der Waals surface area contributed by atoms with Crippen molar-refractivity contribution >= 4 is 5.91 Å². The smallest absolute Gasteiger partial charge is 0.226 e. The number of hydrogen-bond donors (Lipinski definition) is 2. The average Bonchev–Trinajstić information content (AvgIpc) is 2.48. The summed E-state index contributed by atoms with van der Waals surface area (Å²) in [5.74, 6) is 0.238. The lowest BCUT2D eigenvalue weighted by molar-refractivity contribution is -0.133. The zero-order valence-electron chi connectivity index (χ0n) is 13.5. The summed E-state index contributed by atoms with van der Waals surface area (Å²) in [5, 5.41) is 6.63. The molecule has 0 spiro atoms. The van der Waals surface area contributed by atoms with Gasteiger partial charge in [-0.1, -0.05) is 37.6 Å². The largest absolute Gasteiger partial charge is 0.349 e. The molecule has 1 aliphatic rings. The normalized spacial score (nSPS) is 19.0. The number of aryl methyl sites for hydroxylation is 1. The van der Waals surface area contributed by atoms with Crippen LogP contribution in [-0.4, -0.2) is 19.0 Å². The third kappa shape index (κ3) is 3.65. The van der Waals surface area contributed by atoms with Gasteiger partial charge in [-0.2, -0.15) is 0 Å². The summed E-state index contributed by atoms with van der Waals surface area (Å²) in [5.41, 5.74) is 2.28. The first-order chi connectivity index (χ1) is 10.1. The quantitative estimate of drug-likeness (QED) is 0.872. The Hall–Kier alpha value is -1.35. The second-order valence-electron chi connectivity index (χ2n) is 6.33. The highest BCUT2D eigenvalue weighted by atomic mass is 16.2. The molecule has 1 atom stereocenters. The molecule has 1 heterocycles. The standard InChI is InChI=1S/C18H28N2O/c1-4-9-18(10-12-19-13-11-18)17(21)20-15(3)16-8-6-5-7-14(16)2/h5-8,15,19H,4,9-13H2,1-3H3,(H,20,21)/t15-/m0/s1. The predicted octanol–water partition coefficient (Wildman–Crippen LogP) is 3.34. The van der Waals surface area contributed by atoms with E-state index in [-0.39, 0.29) is 17.4 Å². The molecule has 0 unspecified atom stereocenters. The molecule has 116 valence electrons. The van der Waals surface area contributed by atoms with Crippen LogP contribution in [0.1, 0.15) is 56.7 Å². The maximum atomic E-state index is 12.9. The minimum Gasteiger partial charge on any atom is -0.349 e. The van der Waals surface area contributed by atoms with Gasteiger partial charge in [0.1, 0.15) is 0 Å². The van der Waals surface area contributed by atoms with Gasteiger partial charge in [-0.3, -0.25) is 4.79 Å². The monoisotopic (exact) mass is 288 g/mol. The van der Waals surface area contributed by atoms with Crippen LogP contribution in [0.4, 0.5) is 0 Å². The van der Waals surface area contributed by atoms with Gasteiger partial charge in [0, 0.05) is 0 Å². The van der Waals surface area contributed by atoms with E-state index in [0.29, 0.717) is 0 Å². The molecule has 0 radical (unpaired) electrons. The van der Waals surface area contributed by atoms with Crippen molar-refractivity contribution in [2.24, 2.45) is 5.41 Å². The van der Waals surface area contributed by atoms with E-state index in [1.165, 1.54) is 11.1 Å². The first-order valence-electron chi connectivity index (χ1n) is 8.16. The van der Waals surface area contributed by atoms with Crippen molar-refractivity contribution in [3.8, 4) is 0 Å². The fourth-order valence-electron chi connectivity index (χ4n) is 3.47. The summed E-state index contributed by atoms with van der Waals surface area (Å²) >= 11 is 0. The topological polar surface area (TPSA) is 41.1 Å². The lowest BCUT2D eigenvalue weighted by atomic mass is 9.74. The van der Waals surface area contributed by atoms with Crippen LogP contribution < -0.4 is 10.6 Å². The molecule has 1 aliphatic heterocycles. The Morgan fingerprint density at radius 1 is 1.33 bits per heavy atom. The van der Waals surface area contributed by atoms with Crippen LogP contribution in [0.2, 0.25) is 0 Å². The van der Waals surface area contributed by atoms with E-state index in [4.69, 9.17) is 0 Å². The Labute approximate surface area is 128 Å². The van der Waals surface area contributed by atoms with Crippen LogP contribution in [0, 0.1) is 12.3 Å². The molecule has 0 aliphatic carbocycles. The van der Waals surface area contributed by atoms with Crippen LogP contribution in [0.15, 0.2) is 24.3 Å². The van der Waals surface area contributed by atoms with E-state index in [2.05, 4.69) is 43.5 Å². The molecule has 3 heteroatoms. The molecule has 0 saturated carbocycles. The van der Waals surface area contributed by atoms with Gasteiger partial charge in [0.2, 0.25) is 5.91 Å². The zero-order valence-corrected chi connectivity index (χ0v) is 13.5. The van der Waals surface area contributed by atoms with E-state index in [1.54, 1.807) is 0 Å². The SMILES string of the molecule is CCCC1(C(=O)N[C@@H](C)c2ccccc2C)CCNCC1. The molecule has 1 amide bonds. The number of amides is 1. The molecular weight excluding hydrogens is 260 g/mol. The molecular formula is C18H28N2O. The molecule has 0 aromatic heterocycles. The minimum atomic E-state index is -0.170. The molecule has 1 saturated heterocycles. The molecule has 3 nitrogen and oxygen atoms in total. The maximum absolute atomic E-state index is 12.9. The summed E-state index contributed by atoms with van der Waals surface area (Å²) in [7, 11) is 0. The van der Waals surface area contributed by atoms with Crippen molar-refractivity contribution < 1.29 is 4.79 Å². The molecule has 1 fully saturated rings. The van der Waals surface area contributed by atoms with Crippen molar-refractivity contribution in [2.75, 3.05) is 13.1 Å². The Bertz CT molecular complexity index is 472. The van der Waals surface area contributed by atoms with Gasteiger partial charge in [0.05, 0.1) is 11.5 Å². The Kier molecular flexibility index (Phi) is 5.40. The van der Waals surface area contributed by atoms with Gasteiger partial charge < -0.3 is 10.6 Å². The third-order valence-electron chi connectivity index (χ3n) is 4.77. The first kappa shape index (κ1) is 16.0. The van der Waals surface area contributed by atoms with E-state index < -0.39 is 0 Å². The second kappa shape index (κ2) is 7.08. The van der Waals surface area contributed by atoms with Crippen molar-refractivity contribution in [3.63, 3.8) is 0 Å². The number of rotatable bonds is 5. The van der Waals surface area contributed by atoms with Crippen molar-refractivity contribution in [2.45, 2.75) is 52.5 Å². The van der Waals surface area contributed by atoms with Gasteiger partial charge in [-0.25, -0.2) is 0 Å². The Morgan fingerprint density at radius 2 is 2.00 bits per heavy atom. The summed E-state index contributed by atoms with van der Waals surface area (Å²) in [6.45, 7) is 8.26.